The SMILES string of the molecule is CC/C=C/C=C/C=C/C=C/C=C/CCCC(=O)OC(COCCC(C(=O)[O-])[N+](C)(C)C)COC(=O)CC/C=C/C/C=C/C/C=C/C/C=C/C/C=C/C/C=C/CC. The van der Waals surface area contributed by atoms with Crippen LogP contribution in [0.2, 0.25) is 0 Å². The lowest BCUT2D eigenvalue weighted by Gasteiger charge is -2.34. The lowest BCUT2D eigenvalue weighted by molar-refractivity contribution is -0.889. The van der Waals surface area contributed by atoms with Crippen molar-refractivity contribution >= 4 is 17.9 Å². The van der Waals surface area contributed by atoms with E-state index in [1.165, 1.54) is 0 Å². The highest BCUT2D eigenvalue weighted by atomic mass is 16.6. The number of allylic oxidation sites excluding steroid dienone is 22. The molecule has 0 aromatic heterocycles. The quantitative estimate of drug-likeness (QED) is 0.0215. The smallest absolute Gasteiger partial charge is 0.306 e. The second-order valence-electron chi connectivity index (χ2n) is 13.9. The number of hydrogen-bond acceptors (Lipinski definition) is 7. The third kappa shape index (κ3) is 35.2. The Hall–Kier alpha value is -4.53. The number of ether oxygens (including phenoxy) is 3. The van der Waals surface area contributed by atoms with Crippen molar-refractivity contribution in [1.29, 1.82) is 0 Å². The van der Waals surface area contributed by atoms with Gasteiger partial charge in [-0.15, -0.1) is 0 Å². The summed E-state index contributed by atoms with van der Waals surface area (Å²) in [6.07, 6.45) is 53.7. The Morgan fingerprint density at radius 1 is 0.554 bits per heavy atom. The van der Waals surface area contributed by atoms with E-state index in [0.29, 0.717) is 19.3 Å². The molecule has 0 spiro atoms. The molecule has 0 bridgehead atoms. The maximum absolute atomic E-state index is 12.6. The predicted octanol–water partition coefficient (Wildman–Crippen LogP) is 9.51. The van der Waals surface area contributed by atoms with Gasteiger partial charge in [-0.05, 0) is 64.2 Å². The molecule has 0 amide bonds. The van der Waals surface area contributed by atoms with Gasteiger partial charge in [-0.1, -0.05) is 148 Å². The maximum Gasteiger partial charge on any atom is 0.306 e. The zero-order valence-corrected chi connectivity index (χ0v) is 35.0. The number of rotatable bonds is 33. The standard InChI is InChI=1S/C48H71NO7/c1-6-8-10-12-14-16-18-20-21-22-23-24-25-27-28-30-32-34-36-38-46(50)55-43-44(42-54-41-40-45(48(52)53)49(3,4)5)56-47(51)39-37-35-33-31-29-26-19-17-15-13-11-9-7-2/h8-11,13-17,19-21,23-24,26-29,31-34,44-45H,6-7,12,18,22,25,30,35-43H2,1-5H3/b10-8+,11-9+,15-13+,16-14+,19-17+,21-20+,24-23+,28-27+,29-26+,33-31+,34-32+. The molecule has 310 valence electrons. The van der Waals surface area contributed by atoms with E-state index in [4.69, 9.17) is 14.2 Å². The molecule has 56 heavy (non-hydrogen) atoms. The molecule has 0 saturated carbocycles. The van der Waals surface area contributed by atoms with Gasteiger partial charge in [0.05, 0.1) is 40.3 Å². The van der Waals surface area contributed by atoms with Crippen LogP contribution in [0.4, 0.5) is 0 Å². The van der Waals surface area contributed by atoms with Gasteiger partial charge in [0.2, 0.25) is 0 Å². The molecule has 2 atom stereocenters. The van der Waals surface area contributed by atoms with Crippen molar-refractivity contribution in [3.05, 3.63) is 134 Å². The van der Waals surface area contributed by atoms with Crippen LogP contribution in [0.15, 0.2) is 134 Å². The first-order chi connectivity index (χ1) is 27.1. The zero-order valence-electron chi connectivity index (χ0n) is 35.0. The first kappa shape index (κ1) is 51.5. The van der Waals surface area contributed by atoms with Crippen LogP contribution in [-0.4, -0.2) is 75.5 Å². The summed E-state index contributed by atoms with van der Waals surface area (Å²) >= 11 is 0. The summed E-state index contributed by atoms with van der Waals surface area (Å²) in [5.74, 6) is -1.97. The second-order valence-corrected chi connectivity index (χ2v) is 13.9. The van der Waals surface area contributed by atoms with Crippen LogP contribution in [0.3, 0.4) is 0 Å². The monoisotopic (exact) mass is 774 g/mol. The Bertz CT molecular complexity index is 1370. The van der Waals surface area contributed by atoms with Crippen molar-refractivity contribution in [2.24, 2.45) is 0 Å². The van der Waals surface area contributed by atoms with Gasteiger partial charge in [-0.25, -0.2) is 0 Å². The normalized spacial score (nSPS) is 14.4. The molecule has 0 radical (unpaired) electrons. The summed E-state index contributed by atoms with van der Waals surface area (Å²) in [4.78, 5) is 36.7. The molecular weight excluding hydrogens is 703 g/mol. The summed E-state index contributed by atoms with van der Waals surface area (Å²) in [5, 5.41) is 11.6. The fourth-order valence-corrected chi connectivity index (χ4v) is 4.83. The van der Waals surface area contributed by atoms with Gasteiger partial charge in [0.25, 0.3) is 0 Å². The van der Waals surface area contributed by atoms with E-state index in [1.807, 2.05) is 66.8 Å². The number of hydrogen-bond donors (Lipinski definition) is 0. The van der Waals surface area contributed by atoms with Crippen LogP contribution in [0, 0.1) is 0 Å². The number of nitrogens with zero attached hydrogens (tertiary/aromatic N) is 1. The van der Waals surface area contributed by atoms with Crippen molar-refractivity contribution in [3.8, 4) is 0 Å². The Balaban J connectivity index is 4.64. The van der Waals surface area contributed by atoms with E-state index in [1.54, 1.807) is 21.1 Å². The number of carbonyl (C=O) groups is 3. The average Bonchev–Trinajstić information content (AvgIpc) is 3.15. The first-order valence-corrected chi connectivity index (χ1v) is 20.3. The van der Waals surface area contributed by atoms with Gasteiger partial charge < -0.3 is 28.6 Å². The third-order valence-corrected chi connectivity index (χ3v) is 7.92. The number of carboxylic acid groups (broad SMARTS) is 1. The number of likely N-dealkylation sites (N-methyl/N-ethyl adjacent to an activating group) is 1. The van der Waals surface area contributed by atoms with Crippen molar-refractivity contribution in [1.82, 2.24) is 0 Å². The number of unbranched alkanes of at least 4 members (excludes halogenated alkanes) is 1. The van der Waals surface area contributed by atoms with Crippen LogP contribution in [-0.2, 0) is 28.6 Å². The van der Waals surface area contributed by atoms with E-state index in [2.05, 4.69) is 80.7 Å². The molecule has 0 N–H and O–H groups in total. The van der Waals surface area contributed by atoms with Crippen molar-refractivity contribution in [2.45, 2.75) is 109 Å². The van der Waals surface area contributed by atoms with Gasteiger partial charge in [0.1, 0.15) is 12.6 Å². The molecule has 0 rings (SSSR count). The van der Waals surface area contributed by atoms with Gasteiger partial charge >= 0.3 is 11.9 Å². The van der Waals surface area contributed by atoms with E-state index in [0.717, 1.165) is 44.9 Å². The van der Waals surface area contributed by atoms with Crippen molar-refractivity contribution in [2.75, 3.05) is 41.0 Å². The number of quaternary nitrogens is 1. The number of aliphatic carboxylic acids is 1. The Kier molecular flexibility index (Phi) is 34.4. The topological polar surface area (TPSA) is 102 Å². The number of carbonyl (C=O) groups excluding carboxylic acids is 3. The van der Waals surface area contributed by atoms with Crippen LogP contribution in [0.25, 0.3) is 0 Å². The Morgan fingerprint density at radius 2 is 1.04 bits per heavy atom. The minimum atomic E-state index is -1.15. The van der Waals surface area contributed by atoms with Gasteiger partial charge in [0, 0.05) is 19.3 Å². The minimum Gasteiger partial charge on any atom is -0.544 e. The highest BCUT2D eigenvalue weighted by Crippen LogP contribution is 2.09. The molecule has 0 aliphatic carbocycles. The predicted molar refractivity (Wildman–Crippen MR) is 230 cm³/mol. The lowest BCUT2D eigenvalue weighted by atomic mass is 10.1. The van der Waals surface area contributed by atoms with E-state index >= 15 is 0 Å². The molecule has 0 fully saturated rings. The average molecular weight is 774 g/mol. The molecule has 8 nitrogen and oxygen atoms in total. The highest BCUT2D eigenvalue weighted by Gasteiger charge is 2.25. The minimum absolute atomic E-state index is 0.0224. The maximum atomic E-state index is 12.6. The van der Waals surface area contributed by atoms with Gasteiger partial charge in [-0.3, -0.25) is 9.59 Å². The molecule has 0 aromatic carbocycles. The summed E-state index contributed by atoms with van der Waals surface area (Å²) in [6.45, 7) is 4.19. The fourth-order valence-electron chi connectivity index (χ4n) is 4.83. The summed E-state index contributed by atoms with van der Waals surface area (Å²) in [5.41, 5.74) is 0. The summed E-state index contributed by atoms with van der Waals surface area (Å²) in [6, 6.07) is -0.758. The van der Waals surface area contributed by atoms with Crippen LogP contribution < -0.4 is 5.11 Å². The van der Waals surface area contributed by atoms with Crippen LogP contribution in [0.1, 0.15) is 97.3 Å². The van der Waals surface area contributed by atoms with Crippen LogP contribution in [0.5, 0.6) is 0 Å². The molecule has 0 aliphatic rings. The fraction of sp³-hybridized carbons (Fsp3) is 0.479. The van der Waals surface area contributed by atoms with Crippen molar-refractivity contribution < 1.29 is 38.2 Å². The van der Waals surface area contributed by atoms with E-state index in [-0.39, 0.29) is 43.6 Å². The van der Waals surface area contributed by atoms with E-state index in [9.17, 15) is 19.5 Å². The Morgan fingerprint density at radius 3 is 1.54 bits per heavy atom. The molecule has 0 saturated heterocycles. The van der Waals surface area contributed by atoms with Crippen LogP contribution >= 0.6 is 0 Å². The summed E-state index contributed by atoms with van der Waals surface area (Å²) < 4.78 is 16.9. The third-order valence-electron chi connectivity index (χ3n) is 7.92. The molecule has 0 aromatic rings. The number of esters is 2. The van der Waals surface area contributed by atoms with Gasteiger partial charge in [0.15, 0.2) is 6.10 Å². The van der Waals surface area contributed by atoms with E-state index < -0.39 is 30.1 Å². The Labute approximate surface area is 339 Å². The summed E-state index contributed by atoms with van der Waals surface area (Å²) in [7, 11) is 5.33. The zero-order chi connectivity index (χ0) is 41.4. The largest absolute Gasteiger partial charge is 0.544 e. The first-order valence-electron chi connectivity index (χ1n) is 20.3. The second kappa shape index (κ2) is 37.4. The number of carboxylic acids is 1. The molecule has 0 aliphatic heterocycles. The highest BCUT2D eigenvalue weighted by molar-refractivity contribution is 5.70. The lowest BCUT2D eigenvalue weighted by Crippen LogP contribution is -2.55. The molecular formula is C48H71NO7. The van der Waals surface area contributed by atoms with Gasteiger partial charge in [-0.2, -0.15) is 0 Å². The molecule has 0 heterocycles. The molecule has 2 unspecified atom stereocenters. The van der Waals surface area contributed by atoms with Crippen molar-refractivity contribution in [3.63, 3.8) is 0 Å². The molecule has 8 heteroatoms.